The van der Waals surface area contributed by atoms with E-state index in [0.29, 0.717) is 12.1 Å². The van der Waals surface area contributed by atoms with Crippen molar-refractivity contribution in [3.05, 3.63) is 11.4 Å². The molecule has 0 saturated heterocycles. The number of nitrogens with zero attached hydrogens (tertiary/aromatic N) is 3. The van der Waals surface area contributed by atoms with Gasteiger partial charge in [0.15, 0.2) is 5.69 Å². The van der Waals surface area contributed by atoms with Crippen molar-refractivity contribution in [3.63, 3.8) is 0 Å². The number of carboxylic acids is 1. The molecule has 1 aromatic heterocycles. The lowest BCUT2D eigenvalue weighted by molar-refractivity contribution is -0.137. The molecule has 18 heavy (non-hydrogen) atoms. The third-order valence-corrected chi connectivity index (χ3v) is 2.74. The van der Waals surface area contributed by atoms with Crippen molar-refractivity contribution in [2.75, 3.05) is 0 Å². The molecular weight excluding hydrogens is 236 g/mol. The molecule has 0 bridgehead atoms. The Hall–Kier alpha value is -1.92. The lowest BCUT2D eigenvalue weighted by atomic mass is 9.98. The van der Waals surface area contributed by atoms with Gasteiger partial charge in [0.05, 0.1) is 5.69 Å². The summed E-state index contributed by atoms with van der Waals surface area (Å²) in [5.74, 6) is -1.22. The molecule has 0 radical (unpaired) electrons. The smallest absolute Gasteiger partial charge is 0.303 e. The van der Waals surface area contributed by atoms with Crippen LogP contribution in [-0.2, 0) is 11.8 Å². The van der Waals surface area contributed by atoms with Crippen LogP contribution >= 0.6 is 0 Å². The minimum absolute atomic E-state index is 0.00668. The molecule has 0 unspecified atom stereocenters. The van der Waals surface area contributed by atoms with Gasteiger partial charge in [0.25, 0.3) is 5.91 Å². The third-order valence-electron chi connectivity index (χ3n) is 2.74. The number of rotatable bonds is 5. The Labute approximate surface area is 105 Å². The van der Waals surface area contributed by atoms with Gasteiger partial charge in [-0.3, -0.25) is 14.3 Å². The van der Waals surface area contributed by atoms with E-state index in [-0.39, 0.29) is 18.0 Å². The van der Waals surface area contributed by atoms with Crippen molar-refractivity contribution in [2.45, 2.75) is 39.2 Å². The molecule has 7 nitrogen and oxygen atoms in total. The summed E-state index contributed by atoms with van der Waals surface area (Å²) in [5, 5.41) is 18.9. The molecular formula is C11H18N4O3. The van der Waals surface area contributed by atoms with Crippen LogP contribution in [0.1, 0.15) is 42.9 Å². The second-order valence-electron chi connectivity index (χ2n) is 4.88. The quantitative estimate of drug-likeness (QED) is 0.797. The number of aromatic nitrogens is 3. The van der Waals surface area contributed by atoms with Gasteiger partial charge in [0.1, 0.15) is 0 Å². The molecule has 2 N–H and O–H groups in total. The largest absolute Gasteiger partial charge is 0.481 e. The van der Waals surface area contributed by atoms with Crippen molar-refractivity contribution >= 4 is 11.9 Å². The fourth-order valence-electron chi connectivity index (χ4n) is 1.46. The van der Waals surface area contributed by atoms with Crippen LogP contribution in [0.4, 0.5) is 0 Å². The molecule has 0 aliphatic rings. The lowest BCUT2D eigenvalue weighted by Gasteiger charge is -2.25. The monoisotopic (exact) mass is 254 g/mol. The van der Waals surface area contributed by atoms with E-state index in [1.165, 1.54) is 4.68 Å². The SMILES string of the molecule is Cc1c(C(=O)NC(C)(C)CCC(=O)O)nnn1C. The third kappa shape index (κ3) is 3.54. The van der Waals surface area contributed by atoms with E-state index in [9.17, 15) is 9.59 Å². The van der Waals surface area contributed by atoms with Crippen LogP contribution in [0.3, 0.4) is 0 Å². The Morgan fingerprint density at radius 2 is 2.06 bits per heavy atom. The maximum atomic E-state index is 12.0. The van der Waals surface area contributed by atoms with Gasteiger partial charge in [-0.2, -0.15) is 0 Å². The van der Waals surface area contributed by atoms with E-state index in [1.54, 1.807) is 27.8 Å². The Kier molecular flexibility index (Phi) is 4.05. The first kappa shape index (κ1) is 14.1. The normalized spacial score (nSPS) is 11.3. The predicted octanol–water partition coefficient (Wildman–Crippen LogP) is 0.497. The van der Waals surface area contributed by atoms with E-state index in [0.717, 1.165) is 0 Å². The van der Waals surface area contributed by atoms with Gasteiger partial charge in [-0.25, -0.2) is 0 Å². The topological polar surface area (TPSA) is 97.1 Å². The zero-order valence-electron chi connectivity index (χ0n) is 11.0. The van der Waals surface area contributed by atoms with Gasteiger partial charge in [-0.15, -0.1) is 5.10 Å². The number of carboxylic acid groups (broad SMARTS) is 1. The summed E-state index contributed by atoms with van der Waals surface area (Å²) >= 11 is 0. The summed E-state index contributed by atoms with van der Waals surface area (Å²) < 4.78 is 1.51. The number of hydrogen-bond acceptors (Lipinski definition) is 4. The number of hydrogen-bond donors (Lipinski definition) is 2. The maximum absolute atomic E-state index is 12.0. The molecule has 0 fully saturated rings. The van der Waals surface area contributed by atoms with Crippen LogP contribution in [0.15, 0.2) is 0 Å². The van der Waals surface area contributed by atoms with Crippen molar-refractivity contribution in [1.29, 1.82) is 0 Å². The zero-order valence-corrected chi connectivity index (χ0v) is 11.0. The molecule has 0 spiro atoms. The van der Waals surface area contributed by atoms with Crippen LogP contribution in [-0.4, -0.2) is 37.5 Å². The molecule has 1 rings (SSSR count). The molecule has 0 aromatic carbocycles. The zero-order chi connectivity index (χ0) is 13.9. The molecule has 7 heteroatoms. The second-order valence-corrected chi connectivity index (χ2v) is 4.88. The van der Waals surface area contributed by atoms with Gasteiger partial charge in [-0.1, -0.05) is 5.21 Å². The second kappa shape index (κ2) is 5.16. The maximum Gasteiger partial charge on any atom is 0.303 e. The van der Waals surface area contributed by atoms with Crippen LogP contribution in [0, 0.1) is 6.92 Å². The van der Waals surface area contributed by atoms with E-state index in [2.05, 4.69) is 15.6 Å². The summed E-state index contributed by atoms with van der Waals surface area (Å²) in [7, 11) is 1.70. The van der Waals surface area contributed by atoms with Crippen LogP contribution in [0.5, 0.6) is 0 Å². The number of nitrogens with one attached hydrogen (secondary N) is 1. The van der Waals surface area contributed by atoms with Crippen molar-refractivity contribution < 1.29 is 14.7 Å². The highest BCUT2D eigenvalue weighted by Gasteiger charge is 2.24. The molecule has 0 aliphatic carbocycles. The van der Waals surface area contributed by atoms with Crippen molar-refractivity contribution in [2.24, 2.45) is 7.05 Å². The van der Waals surface area contributed by atoms with E-state index in [4.69, 9.17) is 5.11 Å². The Morgan fingerprint density at radius 1 is 1.44 bits per heavy atom. The standard InChI is InChI=1S/C11H18N4O3/c1-7-9(13-14-15(7)4)10(18)12-11(2,3)6-5-8(16)17/h5-6H2,1-4H3,(H,12,18)(H,16,17). The molecule has 0 aliphatic heterocycles. The first-order chi connectivity index (χ1) is 8.23. The van der Waals surface area contributed by atoms with Crippen molar-refractivity contribution in [1.82, 2.24) is 20.3 Å². The Bertz CT molecular complexity index is 465. The minimum atomic E-state index is -0.881. The van der Waals surface area contributed by atoms with Crippen LogP contribution in [0.25, 0.3) is 0 Å². The summed E-state index contributed by atoms with van der Waals surface area (Å²) in [6.45, 7) is 5.30. The highest BCUT2D eigenvalue weighted by Crippen LogP contribution is 2.13. The molecule has 1 amide bonds. The molecule has 1 heterocycles. The summed E-state index contributed by atoms with van der Waals surface area (Å²) in [6, 6.07) is 0. The predicted molar refractivity (Wildman–Crippen MR) is 64.2 cm³/mol. The average Bonchev–Trinajstić information content (AvgIpc) is 2.56. The number of aryl methyl sites for hydroxylation is 1. The lowest BCUT2D eigenvalue weighted by Crippen LogP contribution is -2.44. The van der Waals surface area contributed by atoms with Gasteiger partial charge in [-0.05, 0) is 27.2 Å². The first-order valence-corrected chi connectivity index (χ1v) is 5.63. The van der Waals surface area contributed by atoms with Gasteiger partial charge in [0, 0.05) is 19.0 Å². The van der Waals surface area contributed by atoms with E-state index >= 15 is 0 Å². The van der Waals surface area contributed by atoms with Crippen LogP contribution < -0.4 is 5.32 Å². The first-order valence-electron chi connectivity index (χ1n) is 5.63. The molecule has 0 saturated carbocycles. The van der Waals surface area contributed by atoms with E-state index in [1.807, 2.05) is 0 Å². The number of carbonyl (C=O) groups excluding carboxylic acids is 1. The van der Waals surface area contributed by atoms with Gasteiger partial charge in [0.2, 0.25) is 0 Å². The summed E-state index contributed by atoms with van der Waals surface area (Å²) in [4.78, 5) is 22.5. The van der Waals surface area contributed by atoms with Gasteiger partial charge < -0.3 is 10.4 Å². The number of amides is 1. The number of carbonyl (C=O) groups is 2. The fourth-order valence-corrected chi connectivity index (χ4v) is 1.46. The van der Waals surface area contributed by atoms with Crippen molar-refractivity contribution in [3.8, 4) is 0 Å². The number of aliphatic carboxylic acids is 1. The molecule has 0 atom stereocenters. The average molecular weight is 254 g/mol. The highest BCUT2D eigenvalue weighted by atomic mass is 16.4. The van der Waals surface area contributed by atoms with Crippen LogP contribution in [0.2, 0.25) is 0 Å². The molecule has 1 aromatic rings. The Morgan fingerprint density at radius 3 is 2.50 bits per heavy atom. The van der Waals surface area contributed by atoms with E-state index < -0.39 is 11.5 Å². The molecule has 100 valence electrons. The minimum Gasteiger partial charge on any atom is -0.481 e. The van der Waals surface area contributed by atoms with Gasteiger partial charge >= 0.3 is 5.97 Å². The Balaban J connectivity index is 2.69. The highest BCUT2D eigenvalue weighted by molar-refractivity contribution is 5.93. The summed E-state index contributed by atoms with van der Waals surface area (Å²) in [6.07, 6.45) is 0.361. The fraction of sp³-hybridized carbons (Fsp3) is 0.636. The summed E-state index contributed by atoms with van der Waals surface area (Å²) in [5.41, 5.74) is 0.335.